The molecule has 1 heterocycles. The third-order valence-electron chi connectivity index (χ3n) is 5.19. The van der Waals surface area contributed by atoms with Gasteiger partial charge in [0.25, 0.3) is 0 Å². The Bertz CT molecular complexity index is 852. The number of fused-ring (bicyclic) bond motifs is 3. The average Bonchev–Trinajstić information content (AvgIpc) is 2.93. The zero-order valence-corrected chi connectivity index (χ0v) is 17.0. The van der Waals surface area contributed by atoms with Gasteiger partial charge in [0.1, 0.15) is 0 Å². The van der Waals surface area contributed by atoms with Crippen LogP contribution in [0.15, 0.2) is 58.1 Å². The van der Waals surface area contributed by atoms with Gasteiger partial charge in [-0.25, -0.2) is 0 Å². The van der Waals surface area contributed by atoms with Crippen LogP contribution in [-0.4, -0.2) is 23.9 Å². The molecule has 2 aromatic rings. The Balaban J connectivity index is 1.51. The number of hydrazone groups is 1. The van der Waals surface area contributed by atoms with Gasteiger partial charge in [-0.05, 0) is 67.4 Å². The van der Waals surface area contributed by atoms with E-state index in [1.807, 2.05) is 30.3 Å². The number of nitrogens with zero attached hydrogens (tertiary/aromatic N) is 2. The zero-order valence-electron chi connectivity index (χ0n) is 14.6. The number of thiocarbonyl (C=S) groups is 1. The highest BCUT2D eigenvalue weighted by molar-refractivity contribution is 9.10. The summed E-state index contributed by atoms with van der Waals surface area (Å²) < 4.78 is 1.14. The number of benzene rings is 2. The van der Waals surface area contributed by atoms with Crippen molar-refractivity contribution in [2.45, 2.75) is 31.2 Å². The predicted molar refractivity (Wildman–Crippen MR) is 116 cm³/mol. The van der Waals surface area contributed by atoms with Gasteiger partial charge < -0.3 is 10.2 Å². The van der Waals surface area contributed by atoms with E-state index < -0.39 is 0 Å². The van der Waals surface area contributed by atoms with Crippen molar-refractivity contribution in [2.75, 3.05) is 17.3 Å². The molecule has 0 spiro atoms. The maximum atomic E-state index is 5.39. The Labute approximate surface area is 167 Å². The number of anilines is 2. The summed E-state index contributed by atoms with van der Waals surface area (Å²) in [5.74, 6) is 0.498. The maximum absolute atomic E-state index is 5.39. The lowest BCUT2D eigenvalue weighted by molar-refractivity contribution is 0.535. The molecule has 1 saturated carbocycles. The monoisotopic (exact) mass is 428 g/mol. The number of hydrogen-bond acceptors (Lipinski definition) is 3. The van der Waals surface area contributed by atoms with Crippen molar-refractivity contribution >= 4 is 50.3 Å². The van der Waals surface area contributed by atoms with Crippen LogP contribution < -0.4 is 15.6 Å². The number of rotatable bonds is 2. The molecule has 0 bridgehead atoms. The van der Waals surface area contributed by atoms with Gasteiger partial charge in [-0.1, -0.05) is 34.1 Å². The average molecular weight is 429 g/mol. The largest absolute Gasteiger partial charge is 0.365 e. The Kier molecular flexibility index (Phi) is 4.96. The summed E-state index contributed by atoms with van der Waals surface area (Å²) in [6, 6.07) is 16.8. The van der Waals surface area contributed by atoms with Crippen LogP contribution in [0.4, 0.5) is 11.4 Å². The molecule has 26 heavy (non-hydrogen) atoms. The fraction of sp³-hybridized carbons (Fsp3) is 0.300. The first-order valence-electron chi connectivity index (χ1n) is 8.84. The first kappa shape index (κ1) is 17.5. The number of para-hydroxylation sites is 1. The van der Waals surface area contributed by atoms with Gasteiger partial charge in [0.2, 0.25) is 0 Å². The fourth-order valence-electron chi connectivity index (χ4n) is 4.08. The molecule has 1 aliphatic heterocycles. The van der Waals surface area contributed by atoms with Crippen LogP contribution in [0.3, 0.4) is 0 Å². The van der Waals surface area contributed by atoms with Gasteiger partial charge in [-0.3, -0.25) is 5.43 Å². The molecule has 0 radical (unpaired) electrons. The van der Waals surface area contributed by atoms with E-state index >= 15 is 0 Å². The summed E-state index contributed by atoms with van der Waals surface area (Å²) in [4.78, 5) is 2.36. The van der Waals surface area contributed by atoms with Crippen molar-refractivity contribution in [1.29, 1.82) is 0 Å². The van der Waals surface area contributed by atoms with Crippen molar-refractivity contribution in [3.05, 3.63) is 58.6 Å². The smallest absolute Gasteiger partial charge is 0.191 e. The van der Waals surface area contributed by atoms with Gasteiger partial charge >= 0.3 is 0 Å². The molecular formula is C20H21BrN4S. The van der Waals surface area contributed by atoms with Crippen LogP contribution in [-0.2, 0) is 0 Å². The van der Waals surface area contributed by atoms with E-state index in [4.69, 9.17) is 12.2 Å². The van der Waals surface area contributed by atoms with Crippen LogP contribution in [0.1, 0.15) is 30.7 Å². The summed E-state index contributed by atoms with van der Waals surface area (Å²) in [5.41, 5.74) is 7.91. The van der Waals surface area contributed by atoms with E-state index in [-0.39, 0.29) is 0 Å². The molecular weight excluding hydrogens is 408 g/mol. The van der Waals surface area contributed by atoms with Gasteiger partial charge in [0, 0.05) is 28.8 Å². The Hall–Kier alpha value is -1.92. The van der Waals surface area contributed by atoms with E-state index in [1.54, 1.807) is 0 Å². The van der Waals surface area contributed by atoms with Crippen molar-refractivity contribution in [3.8, 4) is 0 Å². The molecule has 0 aromatic heterocycles. The minimum atomic E-state index is 0.306. The summed E-state index contributed by atoms with van der Waals surface area (Å²) in [7, 11) is 2.17. The summed E-state index contributed by atoms with van der Waals surface area (Å²) in [6.45, 7) is 0. The van der Waals surface area contributed by atoms with Crippen LogP contribution in [0.5, 0.6) is 0 Å². The third kappa shape index (κ3) is 3.35. The molecule has 1 fully saturated rings. The van der Waals surface area contributed by atoms with Crippen molar-refractivity contribution in [2.24, 2.45) is 5.10 Å². The van der Waals surface area contributed by atoms with Gasteiger partial charge in [0.05, 0.1) is 11.8 Å². The summed E-state index contributed by atoms with van der Waals surface area (Å²) in [5, 5.41) is 8.38. The van der Waals surface area contributed by atoms with E-state index in [0.29, 0.717) is 17.1 Å². The molecule has 2 unspecified atom stereocenters. The lowest BCUT2D eigenvalue weighted by Gasteiger charge is -2.32. The number of nitrogens with one attached hydrogen (secondary N) is 2. The van der Waals surface area contributed by atoms with Crippen molar-refractivity contribution < 1.29 is 0 Å². The highest BCUT2D eigenvalue weighted by Crippen LogP contribution is 2.46. The second kappa shape index (κ2) is 7.37. The predicted octanol–water partition coefficient (Wildman–Crippen LogP) is 4.88. The van der Waals surface area contributed by atoms with Crippen LogP contribution >= 0.6 is 28.1 Å². The molecule has 0 saturated heterocycles. The van der Waals surface area contributed by atoms with Gasteiger partial charge in [0.15, 0.2) is 5.11 Å². The highest BCUT2D eigenvalue weighted by Gasteiger charge is 2.41. The molecule has 1 aliphatic carbocycles. The van der Waals surface area contributed by atoms with Crippen molar-refractivity contribution in [1.82, 2.24) is 5.43 Å². The first-order valence-corrected chi connectivity index (χ1v) is 10.0. The van der Waals surface area contributed by atoms with Gasteiger partial charge in [-0.15, -0.1) is 0 Å². The second-order valence-corrected chi connectivity index (χ2v) is 8.12. The molecule has 134 valence electrons. The highest BCUT2D eigenvalue weighted by atomic mass is 79.9. The Morgan fingerprint density at radius 2 is 2.04 bits per heavy atom. The zero-order chi connectivity index (χ0) is 18.1. The lowest BCUT2D eigenvalue weighted by atomic mass is 9.81. The maximum Gasteiger partial charge on any atom is 0.191 e. The summed E-state index contributed by atoms with van der Waals surface area (Å²) in [6.07, 6.45) is 3.35. The molecule has 0 amide bonds. The quantitative estimate of drug-likeness (QED) is 0.528. The van der Waals surface area contributed by atoms with Crippen LogP contribution in [0, 0.1) is 0 Å². The molecule has 4 nitrogen and oxygen atoms in total. The molecule has 2 N–H and O–H groups in total. The topological polar surface area (TPSA) is 39.7 Å². The van der Waals surface area contributed by atoms with E-state index in [2.05, 4.69) is 61.9 Å². The SMILES string of the molecule is CN1c2ccc(Br)cc2C2CCC/C(=N\NC(=S)Nc3ccccc3)C21. The van der Waals surface area contributed by atoms with E-state index in [0.717, 1.165) is 23.0 Å². The fourth-order valence-corrected chi connectivity index (χ4v) is 4.62. The standard InChI is InChI=1S/C20H21BrN4S/c1-25-18-11-10-13(21)12-16(18)15-8-5-9-17(19(15)25)23-24-20(26)22-14-6-3-2-4-7-14/h2-4,6-7,10-12,15,19H,5,8-9H2,1H3,(H2,22,24,26)/b23-17+. The molecule has 2 atom stereocenters. The minimum Gasteiger partial charge on any atom is -0.365 e. The van der Waals surface area contributed by atoms with Crippen molar-refractivity contribution in [3.63, 3.8) is 0 Å². The summed E-state index contributed by atoms with van der Waals surface area (Å²) >= 11 is 9.00. The van der Waals surface area contributed by atoms with E-state index in [9.17, 15) is 0 Å². The number of hydrogen-bond donors (Lipinski definition) is 2. The molecule has 2 aliphatic rings. The lowest BCUT2D eigenvalue weighted by Crippen LogP contribution is -2.42. The number of likely N-dealkylation sites (N-methyl/N-ethyl adjacent to an activating group) is 1. The molecule has 4 rings (SSSR count). The van der Waals surface area contributed by atoms with Crippen LogP contribution in [0.25, 0.3) is 0 Å². The molecule has 6 heteroatoms. The first-order chi connectivity index (χ1) is 12.6. The normalized spacial score (nSPS) is 22.7. The molecule has 2 aromatic carbocycles. The second-order valence-electron chi connectivity index (χ2n) is 6.79. The van der Waals surface area contributed by atoms with E-state index in [1.165, 1.54) is 23.4 Å². The Morgan fingerprint density at radius 1 is 1.23 bits per heavy atom. The Morgan fingerprint density at radius 3 is 2.85 bits per heavy atom. The number of halogens is 1. The van der Waals surface area contributed by atoms with Gasteiger partial charge in [-0.2, -0.15) is 5.10 Å². The van der Waals surface area contributed by atoms with Crippen LogP contribution in [0.2, 0.25) is 0 Å². The minimum absolute atomic E-state index is 0.306. The third-order valence-corrected chi connectivity index (χ3v) is 5.88.